The molecule has 6 atom stereocenters. The third kappa shape index (κ3) is 3.95. The van der Waals surface area contributed by atoms with Crippen molar-refractivity contribution < 1.29 is 19.4 Å². The van der Waals surface area contributed by atoms with Gasteiger partial charge in [0.05, 0.1) is 18.1 Å². The molecule has 2 aromatic carbocycles. The molecule has 202 valence electrons. The minimum absolute atomic E-state index is 0.000480. The Labute approximate surface area is 225 Å². The van der Waals surface area contributed by atoms with Gasteiger partial charge < -0.3 is 14.6 Å². The van der Waals surface area contributed by atoms with Crippen molar-refractivity contribution in [2.45, 2.75) is 56.5 Å². The Hall–Kier alpha value is -2.25. The standard InChI is InChI=1S/C32H40N2O4/c1-30-13-8-14-31(22-37-31)28(30)19-25-26(29(35)38-27(25)20-30)21-33-15-17-34(18-16-33)32(36,23-9-4-2-5-10-23)24-11-6-3-7-12-24/h2-7,9-12,25-28,36H,8,13-22H2,1H3/t25-,26-,27+,28+,30+,31-/m0/s1. The van der Waals surface area contributed by atoms with E-state index < -0.39 is 5.72 Å². The smallest absolute Gasteiger partial charge is 0.310 e. The maximum atomic E-state index is 13.2. The molecule has 7 rings (SSSR count). The summed E-state index contributed by atoms with van der Waals surface area (Å²) in [4.78, 5) is 17.8. The number of carbonyl (C=O) groups excluding carboxylic acids is 1. The van der Waals surface area contributed by atoms with Gasteiger partial charge in [0, 0.05) is 49.8 Å². The second-order valence-corrected chi connectivity index (χ2v) is 12.8. The highest BCUT2D eigenvalue weighted by Gasteiger charge is 2.65. The Kier molecular flexibility index (Phi) is 5.97. The second-order valence-electron chi connectivity index (χ2n) is 12.8. The topological polar surface area (TPSA) is 65.5 Å². The van der Waals surface area contributed by atoms with Gasteiger partial charge >= 0.3 is 5.97 Å². The van der Waals surface area contributed by atoms with Crippen LogP contribution in [-0.2, 0) is 20.0 Å². The monoisotopic (exact) mass is 516 g/mol. The number of benzene rings is 2. The average Bonchev–Trinajstić information content (AvgIpc) is 3.65. The molecule has 0 amide bonds. The van der Waals surface area contributed by atoms with Crippen molar-refractivity contribution in [3.63, 3.8) is 0 Å². The summed E-state index contributed by atoms with van der Waals surface area (Å²) >= 11 is 0. The number of epoxide rings is 1. The number of hydrogen-bond acceptors (Lipinski definition) is 6. The molecule has 3 saturated heterocycles. The molecule has 1 N–H and O–H groups in total. The molecule has 5 fully saturated rings. The van der Waals surface area contributed by atoms with Crippen LogP contribution in [-0.4, -0.2) is 71.9 Å². The van der Waals surface area contributed by atoms with Crippen LogP contribution in [0.1, 0.15) is 50.2 Å². The molecule has 3 heterocycles. The lowest BCUT2D eigenvalue weighted by atomic mass is 9.53. The summed E-state index contributed by atoms with van der Waals surface area (Å²) in [5.74, 6) is 0.783. The van der Waals surface area contributed by atoms with E-state index in [4.69, 9.17) is 9.47 Å². The quantitative estimate of drug-likeness (QED) is 0.478. The molecular weight excluding hydrogens is 476 g/mol. The Morgan fingerprint density at radius 3 is 2.21 bits per heavy atom. The van der Waals surface area contributed by atoms with Crippen LogP contribution in [0.4, 0.5) is 0 Å². The number of rotatable bonds is 5. The number of esters is 1. The SMILES string of the molecule is C[C@]12CCC[C@]3(CO3)[C@@H]1C[C@H]1[C@H](CN3CCN(C(O)(c4ccccc4)c4ccccc4)CC3)C(=O)O[C@@H]1C2. The maximum absolute atomic E-state index is 13.2. The van der Waals surface area contributed by atoms with Gasteiger partial charge in [0.1, 0.15) is 6.10 Å². The summed E-state index contributed by atoms with van der Waals surface area (Å²) in [5.41, 5.74) is 0.904. The second kappa shape index (κ2) is 9.16. The van der Waals surface area contributed by atoms with Gasteiger partial charge in [0.25, 0.3) is 0 Å². The molecule has 0 aromatic heterocycles. The van der Waals surface area contributed by atoms with Crippen LogP contribution in [0, 0.1) is 23.2 Å². The zero-order valence-corrected chi connectivity index (χ0v) is 22.4. The summed E-state index contributed by atoms with van der Waals surface area (Å²) in [6.07, 6.45) is 5.73. The van der Waals surface area contributed by atoms with E-state index in [2.05, 4.69) is 16.7 Å². The fourth-order valence-corrected chi connectivity index (χ4v) is 8.57. The van der Waals surface area contributed by atoms with E-state index in [1.165, 1.54) is 19.3 Å². The molecule has 2 saturated carbocycles. The van der Waals surface area contributed by atoms with Crippen LogP contribution < -0.4 is 0 Å². The van der Waals surface area contributed by atoms with Crippen molar-refractivity contribution >= 4 is 5.97 Å². The van der Waals surface area contributed by atoms with Crippen molar-refractivity contribution in [3.8, 4) is 0 Å². The molecular formula is C32H40N2O4. The summed E-state index contributed by atoms with van der Waals surface area (Å²) in [7, 11) is 0. The lowest BCUT2D eigenvalue weighted by molar-refractivity contribution is -0.147. The largest absolute Gasteiger partial charge is 0.462 e. The van der Waals surface area contributed by atoms with E-state index in [1.807, 2.05) is 60.7 Å². The van der Waals surface area contributed by atoms with Crippen LogP contribution in [0.15, 0.2) is 60.7 Å². The zero-order chi connectivity index (χ0) is 26.0. The maximum Gasteiger partial charge on any atom is 0.310 e. The first-order valence-electron chi connectivity index (χ1n) is 14.6. The molecule has 5 aliphatic rings. The first kappa shape index (κ1) is 24.8. The summed E-state index contributed by atoms with van der Waals surface area (Å²) in [6.45, 7) is 7.16. The Morgan fingerprint density at radius 2 is 1.61 bits per heavy atom. The Bertz CT molecular complexity index is 1120. The van der Waals surface area contributed by atoms with Gasteiger partial charge in [0.15, 0.2) is 5.72 Å². The van der Waals surface area contributed by atoms with Crippen molar-refractivity contribution in [1.29, 1.82) is 0 Å². The lowest BCUT2D eigenvalue weighted by Gasteiger charge is -2.51. The number of piperazine rings is 1. The first-order chi connectivity index (χ1) is 18.4. The molecule has 6 nitrogen and oxygen atoms in total. The number of aliphatic hydroxyl groups is 1. The molecule has 3 aliphatic heterocycles. The normalized spacial score (nSPS) is 37.5. The molecule has 0 radical (unpaired) electrons. The minimum Gasteiger partial charge on any atom is -0.462 e. The van der Waals surface area contributed by atoms with Gasteiger partial charge in [-0.25, -0.2) is 0 Å². The van der Waals surface area contributed by atoms with Crippen LogP contribution in [0.5, 0.6) is 0 Å². The van der Waals surface area contributed by atoms with Gasteiger partial charge in [-0.05, 0) is 43.4 Å². The van der Waals surface area contributed by atoms with Crippen molar-refractivity contribution in [3.05, 3.63) is 71.8 Å². The summed E-state index contributed by atoms with van der Waals surface area (Å²) in [6, 6.07) is 19.9. The molecule has 1 spiro atoms. The highest BCUT2D eigenvalue weighted by atomic mass is 16.6. The fourth-order valence-electron chi connectivity index (χ4n) is 8.57. The molecule has 0 unspecified atom stereocenters. The fraction of sp³-hybridized carbons (Fsp3) is 0.594. The van der Waals surface area contributed by atoms with E-state index in [-0.39, 0.29) is 29.0 Å². The minimum atomic E-state index is -1.18. The van der Waals surface area contributed by atoms with Crippen LogP contribution in [0.3, 0.4) is 0 Å². The zero-order valence-electron chi connectivity index (χ0n) is 22.4. The van der Waals surface area contributed by atoms with Gasteiger partial charge in [-0.15, -0.1) is 0 Å². The summed E-state index contributed by atoms with van der Waals surface area (Å²) < 4.78 is 12.1. The van der Waals surface area contributed by atoms with E-state index in [1.54, 1.807) is 0 Å². The van der Waals surface area contributed by atoms with Crippen LogP contribution in [0.25, 0.3) is 0 Å². The van der Waals surface area contributed by atoms with Crippen LogP contribution in [0.2, 0.25) is 0 Å². The number of nitrogens with zero attached hydrogens (tertiary/aromatic N) is 2. The summed E-state index contributed by atoms with van der Waals surface area (Å²) in [5, 5.41) is 12.2. The van der Waals surface area contributed by atoms with Gasteiger partial charge in [-0.3, -0.25) is 14.6 Å². The number of carbonyl (C=O) groups is 1. The average molecular weight is 517 g/mol. The third-order valence-corrected chi connectivity index (χ3v) is 10.7. The van der Waals surface area contributed by atoms with E-state index >= 15 is 0 Å². The predicted molar refractivity (Wildman–Crippen MR) is 144 cm³/mol. The number of ether oxygens (including phenoxy) is 2. The highest BCUT2D eigenvalue weighted by Crippen LogP contribution is 2.62. The van der Waals surface area contributed by atoms with Gasteiger partial charge in [-0.2, -0.15) is 0 Å². The highest BCUT2D eigenvalue weighted by molar-refractivity contribution is 5.75. The lowest BCUT2D eigenvalue weighted by Crippen LogP contribution is -2.57. The molecule has 6 heteroatoms. The van der Waals surface area contributed by atoms with E-state index in [0.717, 1.165) is 63.3 Å². The van der Waals surface area contributed by atoms with E-state index in [0.29, 0.717) is 11.8 Å². The van der Waals surface area contributed by atoms with Gasteiger partial charge in [0.2, 0.25) is 0 Å². The molecule has 2 aromatic rings. The van der Waals surface area contributed by atoms with Crippen molar-refractivity contribution in [2.75, 3.05) is 39.3 Å². The number of hydrogen-bond donors (Lipinski definition) is 1. The Balaban J connectivity index is 1.05. The Morgan fingerprint density at radius 1 is 0.974 bits per heavy atom. The molecule has 0 bridgehead atoms. The first-order valence-corrected chi connectivity index (χ1v) is 14.6. The molecule has 38 heavy (non-hydrogen) atoms. The van der Waals surface area contributed by atoms with Gasteiger partial charge in [-0.1, -0.05) is 67.6 Å². The van der Waals surface area contributed by atoms with E-state index in [9.17, 15) is 9.90 Å². The predicted octanol–water partition coefficient (Wildman–Crippen LogP) is 4.02. The van der Waals surface area contributed by atoms with Crippen molar-refractivity contribution in [1.82, 2.24) is 9.80 Å². The molecule has 2 aliphatic carbocycles. The van der Waals surface area contributed by atoms with Crippen LogP contribution >= 0.6 is 0 Å². The number of fused-ring (bicyclic) bond motifs is 3. The third-order valence-electron chi connectivity index (χ3n) is 10.7. The van der Waals surface area contributed by atoms with Crippen molar-refractivity contribution in [2.24, 2.45) is 23.2 Å².